The van der Waals surface area contributed by atoms with Crippen LogP contribution < -0.4 is 11.1 Å². The first-order valence-electron chi connectivity index (χ1n) is 6.68. The van der Waals surface area contributed by atoms with Gasteiger partial charge in [0.2, 0.25) is 5.91 Å². The minimum Gasteiger partial charge on any atom is -0.352 e. The van der Waals surface area contributed by atoms with Gasteiger partial charge in [-0.2, -0.15) is 5.26 Å². The van der Waals surface area contributed by atoms with E-state index in [1.54, 1.807) is 0 Å². The van der Waals surface area contributed by atoms with Gasteiger partial charge in [0.1, 0.15) is 0 Å². The second-order valence-corrected chi connectivity index (χ2v) is 5.34. The Bertz CT molecular complexity index is 323. The number of nitriles is 1. The molecule has 2 aliphatic carbocycles. The van der Waals surface area contributed by atoms with Crippen molar-refractivity contribution in [3.8, 4) is 6.07 Å². The largest absolute Gasteiger partial charge is 0.352 e. The number of nitrogens with zero attached hydrogens (tertiary/aromatic N) is 1. The highest BCUT2D eigenvalue weighted by Crippen LogP contribution is 2.27. The van der Waals surface area contributed by atoms with Gasteiger partial charge in [0.05, 0.1) is 17.9 Å². The van der Waals surface area contributed by atoms with Crippen molar-refractivity contribution in [3.63, 3.8) is 0 Å². The highest BCUT2D eigenvalue weighted by atomic mass is 16.2. The first kappa shape index (κ1) is 12.4. The SMILES string of the molecule is N#CC1CCCC1NC(=O)C1CCCCC1N. The van der Waals surface area contributed by atoms with E-state index in [1.165, 1.54) is 0 Å². The molecule has 0 aromatic rings. The summed E-state index contributed by atoms with van der Waals surface area (Å²) < 4.78 is 0. The lowest BCUT2D eigenvalue weighted by Gasteiger charge is -2.29. The zero-order valence-electron chi connectivity index (χ0n) is 10.2. The number of carbonyl (C=O) groups excluding carboxylic acids is 1. The van der Waals surface area contributed by atoms with Gasteiger partial charge in [-0.25, -0.2) is 0 Å². The average molecular weight is 235 g/mol. The Labute approximate surface area is 103 Å². The first-order chi connectivity index (χ1) is 8.22. The number of carbonyl (C=O) groups is 1. The van der Waals surface area contributed by atoms with E-state index in [9.17, 15) is 4.79 Å². The van der Waals surface area contributed by atoms with E-state index in [0.717, 1.165) is 44.9 Å². The Morgan fingerprint density at radius 2 is 1.94 bits per heavy atom. The number of nitrogens with one attached hydrogen (secondary N) is 1. The van der Waals surface area contributed by atoms with Crippen molar-refractivity contribution in [2.24, 2.45) is 17.6 Å². The smallest absolute Gasteiger partial charge is 0.224 e. The standard InChI is InChI=1S/C13H21N3O/c14-8-9-4-3-7-12(9)16-13(17)10-5-1-2-6-11(10)15/h9-12H,1-7,15H2,(H,16,17). The Morgan fingerprint density at radius 3 is 2.65 bits per heavy atom. The summed E-state index contributed by atoms with van der Waals surface area (Å²) in [5.74, 6) is 0.0341. The zero-order valence-corrected chi connectivity index (χ0v) is 10.2. The predicted molar refractivity (Wildman–Crippen MR) is 64.8 cm³/mol. The second-order valence-electron chi connectivity index (χ2n) is 5.34. The highest BCUT2D eigenvalue weighted by Gasteiger charge is 2.33. The Hall–Kier alpha value is -1.08. The topological polar surface area (TPSA) is 78.9 Å². The summed E-state index contributed by atoms with van der Waals surface area (Å²) in [6, 6.07) is 2.35. The summed E-state index contributed by atoms with van der Waals surface area (Å²) in [4.78, 5) is 12.1. The van der Waals surface area contributed by atoms with Gasteiger partial charge >= 0.3 is 0 Å². The number of hydrogen-bond acceptors (Lipinski definition) is 3. The van der Waals surface area contributed by atoms with E-state index < -0.39 is 0 Å². The fraction of sp³-hybridized carbons (Fsp3) is 0.846. The van der Waals surface area contributed by atoms with E-state index in [4.69, 9.17) is 11.0 Å². The van der Waals surface area contributed by atoms with Crippen molar-refractivity contribution >= 4 is 5.91 Å². The number of nitrogens with two attached hydrogens (primary N) is 1. The van der Waals surface area contributed by atoms with E-state index in [0.29, 0.717) is 0 Å². The minimum absolute atomic E-state index is 0.00114. The van der Waals surface area contributed by atoms with Crippen molar-refractivity contribution < 1.29 is 4.79 Å². The summed E-state index contributed by atoms with van der Waals surface area (Å²) in [6.45, 7) is 0. The summed E-state index contributed by atoms with van der Waals surface area (Å²) in [5, 5.41) is 12.0. The van der Waals surface area contributed by atoms with E-state index in [1.807, 2.05) is 0 Å². The molecule has 0 aromatic heterocycles. The van der Waals surface area contributed by atoms with Gasteiger partial charge in [0.25, 0.3) is 0 Å². The van der Waals surface area contributed by atoms with Crippen LogP contribution in [-0.4, -0.2) is 18.0 Å². The molecule has 4 nitrogen and oxygen atoms in total. The van der Waals surface area contributed by atoms with Crippen LogP contribution in [0.25, 0.3) is 0 Å². The van der Waals surface area contributed by atoms with Crippen molar-refractivity contribution in [1.82, 2.24) is 5.32 Å². The molecule has 0 bridgehead atoms. The van der Waals surface area contributed by atoms with Gasteiger partial charge in [-0.1, -0.05) is 12.8 Å². The third kappa shape index (κ3) is 2.78. The normalized spacial score (nSPS) is 37.4. The molecule has 2 saturated carbocycles. The van der Waals surface area contributed by atoms with Crippen LogP contribution in [0.15, 0.2) is 0 Å². The summed E-state index contributed by atoms with van der Waals surface area (Å²) in [6.07, 6.45) is 6.97. The highest BCUT2D eigenvalue weighted by molar-refractivity contribution is 5.79. The molecule has 0 radical (unpaired) electrons. The molecule has 4 heteroatoms. The van der Waals surface area contributed by atoms with Crippen LogP contribution in [0.3, 0.4) is 0 Å². The molecule has 2 rings (SSSR count). The maximum Gasteiger partial charge on any atom is 0.224 e. The van der Waals surface area contributed by atoms with E-state index in [-0.39, 0.29) is 29.8 Å². The quantitative estimate of drug-likeness (QED) is 0.757. The van der Waals surface area contributed by atoms with Crippen LogP contribution in [0.1, 0.15) is 44.9 Å². The molecule has 0 aromatic carbocycles. The van der Waals surface area contributed by atoms with Crippen LogP contribution >= 0.6 is 0 Å². The number of rotatable bonds is 2. The third-order valence-electron chi connectivity index (χ3n) is 4.17. The average Bonchev–Trinajstić information content (AvgIpc) is 2.76. The zero-order chi connectivity index (χ0) is 12.3. The van der Waals surface area contributed by atoms with Crippen molar-refractivity contribution in [3.05, 3.63) is 0 Å². The lowest BCUT2D eigenvalue weighted by molar-refractivity contribution is -0.127. The summed E-state index contributed by atoms with van der Waals surface area (Å²) in [7, 11) is 0. The fourth-order valence-electron chi connectivity index (χ4n) is 3.06. The molecule has 1 amide bonds. The van der Waals surface area contributed by atoms with E-state index in [2.05, 4.69) is 11.4 Å². The van der Waals surface area contributed by atoms with E-state index >= 15 is 0 Å². The molecule has 0 heterocycles. The molecule has 3 N–H and O–H groups in total. The monoisotopic (exact) mass is 235 g/mol. The maximum atomic E-state index is 12.1. The van der Waals surface area contributed by atoms with Crippen molar-refractivity contribution in [2.45, 2.75) is 57.0 Å². The molecule has 4 atom stereocenters. The van der Waals surface area contributed by atoms with Crippen LogP contribution in [0.5, 0.6) is 0 Å². The first-order valence-corrected chi connectivity index (χ1v) is 6.68. The Kier molecular flexibility index (Phi) is 4.01. The Morgan fingerprint density at radius 1 is 1.18 bits per heavy atom. The molecule has 0 spiro atoms. The fourth-order valence-corrected chi connectivity index (χ4v) is 3.06. The summed E-state index contributed by atoms with van der Waals surface area (Å²) in [5.41, 5.74) is 6.00. The number of amides is 1. The van der Waals surface area contributed by atoms with Crippen LogP contribution in [0, 0.1) is 23.2 Å². The number of hydrogen-bond donors (Lipinski definition) is 2. The molecule has 0 saturated heterocycles. The van der Waals surface area contributed by atoms with Crippen LogP contribution in [0.4, 0.5) is 0 Å². The molecule has 17 heavy (non-hydrogen) atoms. The molecular weight excluding hydrogens is 214 g/mol. The predicted octanol–water partition coefficient (Wildman–Crippen LogP) is 1.31. The van der Waals surface area contributed by atoms with Gasteiger partial charge in [-0.3, -0.25) is 4.79 Å². The minimum atomic E-state index is -0.0382. The van der Waals surface area contributed by atoms with Crippen LogP contribution in [0.2, 0.25) is 0 Å². The molecule has 4 unspecified atom stereocenters. The molecule has 94 valence electrons. The van der Waals surface area contributed by atoms with Crippen molar-refractivity contribution in [1.29, 1.82) is 5.26 Å². The van der Waals surface area contributed by atoms with Crippen molar-refractivity contribution in [2.75, 3.05) is 0 Å². The molecule has 2 aliphatic rings. The van der Waals surface area contributed by atoms with Gasteiger partial charge in [-0.15, -0.1) is 0 Å². The van der Waals surface area contributed by atoms with Gasteiger partial charge in [-0.05, 0) is 32.1 Å². The Balaban J connectivity index is 1.90. The molecular formula is C13H21N3O. The molecule has 0 aliphatic heterocycles. The maximum absolute atomic E-state index is 12.1. The lowest BCUT2D eigenvalue weighted by Crippen LogP contribution is -2.47. The second kappa shape index (κ2) is 5.50. The summed E-state index contributed by atoms with van der Waals surface area (Å²) >= 11 is 0. The van der Waals surface area contributed by atoms with Gasteiger partial charge in [0.15, 0.2) is 0 Å². The molecule has 2 fully saturated rings. The van der Waals surface area contributed by atoms with Crippen LogP contribution in [-0.2, 0) is 4.79 Å². The third-order valence-corrected chi connectivity index (χ3v) is 4.17. The van der Waals surface area contributed by atoms with Gasteiger partial charge in [0, 0.05) is 12.1 Å². The van der Waals surface area contributed by atoms with Gasteiger partial charge < -0.3 is 11.1 Å². The lowest BCUT2D eigenvalue weighted by atomic mass is 9.84.